The number of hydrogen-bond acceptors (Lipinski definition) is 5. The smallest absolute Gasteiger partial charge is 0.253 e. The minimum atomic E-state index is -1.21. The largest absolute Gasteiger partial charge is 0.394 e. The van der Waals surface area contributed by atoms with Crippen LogP contribution in [0.15, 0.2) is 43.5 Å². The lowest BCUT2D eigenvalue weighted by Gasteiger charge is -2.40. The molecular formula is C33H46BrN3O5. The number of benzene rings is 1. The fraction of sp³-hybridized carbons (Fsp3) is 0.606. The van der Waals surface area contributed by atoms with Gasteiger partial charge in [-0.25, -0.2) is 0 Å². The van der Waals surface area contributed by atoms with Gasteiger partial charge in [0.15, 0.2) is 0 Å². The van der Waals surface area contributed by atoms with E-state index in [9.17, 15) is 19.5 Å². The summed E-state index contributed by atoms with van der Waals surface area (Å²) in [7, 11) is 0. The Morgan fingerprint density at radius 3 is 2.50 bits per heavy atom. The number of aryl methyl sites for hydroxylation is 2. The van der Waals surface area contributed by atoms with Crippen LogP contribution in [-0.4, -0.2) is 87.5 Å². The van der Waals surface area contributed by atoms with E-state index < -0.39 is 35.6 Å². The number of fused-ring (bicyclic) bond motifs is 1. The number of aliphatic hydroxyl groups is 1. The third-order valence-corrected chi connectivity index (χ3v) is 9.83. The molecule has 1 spiro atoms. The highest BCUT2D eigenvalue weighted by atomic mass is 79.9. The number of nitrogens with zero attached hydrogens (tertiary/aromatic N) is 3. The van der Waals surface area contributed by atoms with E-state index >= 15 is 0 Å². The fourth-order valence-electron chi connectivity index (χ4n) is 7.36. The number of carbonyl (C=O) groups excluding carboxylic acids is 3. The highest BCUT2D eigenvalue weighted by Crippen LogP contribution is 2.61. The monoisotopic (exact) mass is 643 g/mol. The molecule has 0 radical (unpaired) electrons. The summed E-state index contributed by atoms with van der Waals surface area (Å²) in [6.45, 7) is 18.6. The van der Waals surface area contributed by atoms with Gasteiger partial charge in [0.1, 0.15) is 11.6 Å². The molecule has 2 bridgehead atoms. The molecule has 230 valence electrons. The second kappa shape index (κ2) is 13.0. The second-order valence-electron chi connectivity index (χ2n) is 12.5. The summed E-state index contributed by atoms with van der Waals surface area (Å²) in [5.41, 5.74) is 1.46. The van der Waals surface area contributed by atoms with E-state index in [-0.39, 0.29) is 41.6 Å². The third kappa shape index (κ3) is 5.48. The topological polar surface area (TPSA) is 90.4 Å². The highest BCUT2D eigenvalue weighted by molar-refractivity contribution is 9.09. The second-order valence-corrected chi connectivity index (χ2v) is 13.7. The number of rotatable bonds is 13. The summed E-state index contributed by atoms with van der Waals surface area (Å²) >= 11 is 3.77. The first-order chi connectivity index (χ1) is 20.0. The van der Waals surface area contributed by atoms with E-state index in [2.05, 4.69) is 29.1 Å². The summed E-state index contributed by atoms with van der Waals surface area (Å²) < 4.78 is 6.75. The zero-order valence-electron chi connectivity index (χ0n) is 25.6. The van der Waals surface area contributed by atoms with Gasteiger partial charge in [0.25, 0.3) is 5.91 Å². The molecular weight excluding hydrogens is 598 g/mol. The van der Waals surface area contributed by atoms with E-state index in [1.165, 1.54) is 0 Å². The van der Waals surface area contributed by atoms with Crippen molar-refractivity contribution in [1.29, 1.82) is 0 Å². The molecule has 1 N–H and O–H groups in total. The third-order valence-electron chi connectivity index (χ3n) is 8.98. The van der Waals surface area contributed by atoms with E-state index in [1.54, 1.807) is 26.9 Å². The van der Waals surface area contributed by atoms with Crippen LogP contribution in [-0.2, 0) is 19.1 Å². The van der Waals surface area contributed by atoms with Crippen molar-refractivity contribution in [2.45, 2.75) is 82.5 Å². The van der Waals surface area contributed by atoms with Crippen molar-refractivity contribution < 1.29 is 24.2 Å². The molecule has 3 heterocycles. The van der Waals surface area contributed by atoms with Crippen molar-refractivity contribution in [2.24, 2.45) is 17.8 Å². The lowest BCUT2D eigenvalue weighted by atomic mass is 9.70. The number of carbonyl (C=O) groups is 3. The Balaban J connectivity index is 1.88. The number of ether oxygens (including phenoxy) is 1. The van der Waals surface area contributed by atoms with Crippen LogP contribution in [0, 0.1) is 31.6 Å². The highest BCUT2D eigenvalue weighted by Gasteiger charge is 2.77. The number of likely N-dealkylation sites (tertiary alicyclic amines) is 1. The minimum Gasteiger partial charge on any atom is -0.394 e. The Kier molecular flexibility index (Phi) is 10.1. The van der Waals surface area contributed by atoms with Crippen molar-refractivity contribution in [3.05, 3.63) is 54.6 Å². The first-order valence-electron chi connectivity index (χ1n) is 15.1. The van der Waals surface area contributed by atoms with E-state index in [0.29, 0.717) is 25.9 Å². The molecule has 1 aromatic rings. The molecule has 42 heavy (non-hydrogen) atoms. The first kappa shape index (κ1) is 32.4. The quantitative estimate of drug-likeness (QED) is 0.254. The SMILES string of the molecule is C=CCN(CCC)C(=O)[C@H]1[C@@H]2OC3(CC2Br)C(C(=O)N(CC=C)c2cc(C)ccc2C)N([C@@H](CO)CC(C)C)C(=O)[C@H]13. The molecule has 3 unspecified atom stereocenters. The Hall–Kier alpha value is -2.49. The van der Waals surface area contributed by atoms with Gasteiger partial charge in [0.2, 0.25) is 11.8 Å². The van der Waals surface area contributed by atoms with Crippen molar-refractivity contribution in [2.75, 3.05) is 31.1 Å². The average Bonchev–Trinajstić information content (AvgIpc) is 3.54. The van der Waals surface area contributed by atoms with Crippen LogP contribution < -0.4 is 4.90 Å². The molecule has 7 atom stereocenters. The lowest BCUT2D eigenvalue weighted by Crippen LogP contribution is -2.59. The number of anilines is 1. The molecule has 1 aromatic carbocycles. The van der Waals surface area contributed by atoms with Crippen LogP contribution in [0.25, 0.3) is 0 Å². The normalized spacial score (nSPS) is 28.6. The number of alkyl halides is 1. The van der Waals surface area contributed by atoms with Crippen LogP contribution in [0.4, 0.5) is 5.69 Å². The maximum absolute atomic E-state index is 14.9. The predicted molar refractivity (Wildman–Crippen MR) is 168 cm³/mol. The fourth-order valence-corrected chi connectivity index (χ4v) is 8.31. The molecule has 3 fully saturated rings. The Labute approximate surface area is 258 Å². The molecule has 3 aliphatic rings. The van der Waals surface area contributed by atoms with Crippen molar-refractivity contribution in [3.63, 3.8) is 0 Å². The zero-order valence-corrected chi connectivity index (χ0v) is 27.2. The lowest BCUT2D eigenvalue weighted by molar-refractivity contribution is -0.147. The van der Waals surface area contributed by atoms with Crippen LogP contribution >= 0.6 is 15.9 Å². The molecule has 8 nitrogen and oxygen atoms in total. The maximum atomic E-state index is 14.9. The van der Waals surface area contributed by atoms with Gasteiger partial charge in [0, 0.05) is 30.1 Å². The van der Waals surface area contributed by atoms with Gasteiger partial charge >= 0.3 is 0 Å². The predicted octanol–water partition coefficient (Wildman–Crippen LogP) is 4.40. The van der Waals surface area contributed by atoms with Gasteiger partial charge < -0.3 is 24.5 Å². The molecule has 9 heteroatoms. The summed E-state index contributed by atoms with van der Waals surface area (Å²) in [5.74, 6) is -2.13. The minimum absolute atomic E-state index is 0.152. The number of hydrogen-bond donors (Lipinski definition) is 1. The van der Waals surface area contributed by atoms with Crippen LogP contribution in [0.5, 0.6) is 0 Å². The van der Waals surface area contributed by atoms with E-state index in [1.807, 2.05) is 52.8 Å². The standard InChI is InChI=1S/C33H46BrN3O5/c1-8-13-35(14-9-2)30(39)26-27-31(40)37(23(19-38)16-20(4)5)29(33(27)18-24(34)28(26)42-33)32(41)36(15-10-3)25-17-21(6)11-12-22(25)7/h8,10-12,17,20,23-24,26-29,38H,1,3,9,13-16,18-19H2,2,4-7H3/t23-,24?,26-,27+,28-,29?,33?/m1/s1. The summed E-state index contributed by atoms with van der Waals surface area (Å²) in [6, 6.07) is 4.34. The molecule has 0 aromatic heterocycles. The van der Waals surface area contributed by atoms with Gasteiger partial charge in [-0.1, -0.05) is 61.0 Å². The molecule has 0 saturated carbocycles. The van der Waals surface area contributed by atoms with E-state index in [4.69, 9.17) is 4.74 Å². The van der Waals surface area contributed by atoms with Crippen molar-refractivity contribution >= 4 is 39.3 Å². The number of halogens is 1. The summed E-state index contributed by atoms with van der Waals surface area (Å²) in [6.07, 6.45) is 4.52. The average molecular weight is 645 g/mol. The number of amides is 3. The van der Waals surface area contributed by atoms with Gasteiger partial charge in [-0.3, -0.25) is 14.4 Å². The van der Waals surface area contributed by atoms with Crippen molar-refractivity contribution in [3.8, 4) is 0 Å². The van der Waals surface area contributed by atoms with Gasteiger partial charge in [-0.2, -0.15) is 0 Å². The van der Waals surface area contributed by atoms with Gasteiger partial charge in [0.05, 0.1) is 30.6 Å². The summed E-state index contributed by atoms with van der Waals surface area (Å²) in [4.78, 5) is 48.4. The number of aliphatic hydroxyl groups excluding tert-OH is 1. The van der Waals surface area contributed by atoms with Gasteiger partial charge in [-0.15, -0.1) is 13.2 Å². The maximum Gasteiger partial charge on any atom is 0.253 e. The molecule has 3 amide bonds. The molecule has 3 saturated heterocycles. The van der Waals surface area contributed by atoms with E-state index in [0.717, 1.165) is 23.2 Å². The van der Waals surface area contributed by atoms with Crippen LogP contribution in [0.3, 0.4) is 0 Å². The van der Waals surface area contributed by atoms with Crippen LogP contribution in [0.2, 0.25) is 0 Å². The molecule has 0 aliphatic carbocycles. The molecule has 3 aliphatic heterocycles. The summed E-state index contributed by atoms with van der Waals surface area (Å²) in [5, 5.41) is 10.6. The molecule has 4 rings (SSSR count). The zero-order chi connectivity index (χ0) is 30.9. The Morgan fingerprint density at radius 2 is 1.90 bits per heavy atom. The van der Waals surface area contributed by atoms with Gasteiger partial charge in [-0.05, 0) is 56.2 Å². The Bertz CT molecular complexity index is 1220. The Morgan fingerprint density at radius 1 is 1.21 bits per heavy atom. The first-order valence-corrected chi connectivity index (χ1v) is 16.0. The van der Waals surface area contributed by atoms with Crippen LogP contribution in [0.1, 0.15) is 51.2 Å². The van der Waals surface area contributed by atoms with Crippen molar-refractivity contribution in [1.82, 2.24) is 9.80 Å².